The maximum Gasteiger partial charge on any atom is 0.254 e. The van der Waals surface area contributed by atoms with Crippen LogP contribution < -0.4 is 5.32 Å². The topological polar surface area (TPSA) is 44.9 Å². The highest BCUT2D eigenvalue weighted by molar-refractivity contribution is 9.10. The molecule has 1 aliphatic rings. The summed E-state index contributed by atoms with van der Waals surface area (Å²) < 4.78 is 15.1. The first-order valence-electron chi connectivity index (χ1n) is 8.40. The molecular weight excluding hydrogens is 383 g/mol. The molecule has 0 fully saturated rings. The van der Waals surface area contributed by atoms with E-state index in [2.05, 4.69) is 32.3 Å². The predicted octanol–water partition coefficient (Wildman–Crippen LogP) is 5.19. The number of benzene rings is 2. The van der Waals surface area contributed by atoms with Gasteiger partial charge in [0.1, 0.15) is 5.82 Å². The van der Waals surface area contributed by atoms with Crippen LogP contribution in [-0.4, -0.2) is 10.9 Å². The lowest BCUT2D eigenvalue weighted by atomic mass is 9.91. The molecule has 2 N–H and O–H groups in total. The van der Waals surface area contributed by atoms with E-state index >= 15 is 0 Å². The number of fused-ring (bicyclic) bond motifs is 3. The molecule has 0 radical (unpaired) electrons. The van der Waals surface area contributed by atoms with E-state index in [1.54, 1.807) is 19.1 Å². The van der Waals surface area contributed by atoms with E-state index in [0.717, 1.165) is 40.5 Å². The Morgan fingerprint density at radius 2 is 2.12 bits per heavy atom. The summed E-state index contributed by atoms with van der Waals surface area (Å²) in [6, 6.07) is 10.7. The van der Waals surface area contributed by atoms with Crippen LogP contribution in [0.15, 0.2) is 40.9 Å². The van der Waals surface area contributed by atoms with Crippen LogP contribution in [-0.2, 0) is 6.42 Å². The second-order valence-electron chi connectivity index (χ2n) is 6.61. The molecule has 4 rings (SSSR count). The number of carbonyl (C=O) groups is 1. The Labute approximate surface area is 153 Å². The molecule has 3 aromatic rings. The lowest BCUT2D eigenvalue weighted by molar-refractivity contribution is 0.0928. The Morgan fingerprint density at radius 1 is 1.28 bits per heavy atom. The number of hydrogen-bond acceptors (Lipinski definition) is 1. The number of carbonyl (C=O) groups excluding carboxylic acids is 1. The third-order valence-corrected chi connectivity index (χ3v) is 5.34. The van der Waals surface area contributed by atoms with Gasteiger partial charge in [0.25, 0.3) is 5.91 Å². The number of aromatic nitrogens is 1. The first kappa shape index (κ1) is 16.3. The van der Waals surface area contributed by atoms with E-state index < -0.39 is 5.82 Å². The van der Waals surface area contributed by atoms with Crippen LogP contribution in [0.25, 0.3) is 10.9 Å². The standard InChI is InChI=1S/C20H18BrFN2O/c1-11-5-7-14(16(22)9-11)20(25)24-18-4-2-3-13-15-10-12(21)6-8-17(15)23-19(13)18/h5-10,18,23H,2-4H2,1H3,(H,24,25). The molecule has 3 nitrogen and oxygen atoms in total. The number of hydrogen-bond donors (Lipinski definition) is 2. The number of amides is 1. The van der Waals surface area contributed by atoms with Gasteiger partial charge in [-0.3, -0.25) is 4.79 Å². The fourth-order valence-corrected chi connectivity index (χ4v) is 3.98. The molecule has 1 heterocycles. The number of rotatable bonds is 2. The minimum atomic E-state index is -0.478. The summed E-state index contributed by atoms with van der Waals surface area (Å²) in [6.07, 6.45) is 2.82. The molecule has 5 heteroatoms. The van der Waals surface area contributed by atoms with Gasteiger partial charge < -0.3 is 10.3 Å². The van der Waals surface area contributed by atoms with E-state index in [1.165, 1.54) is 17.0 Å². The molecule has 1 unspecified atom stereocenters. The fourth-order valence-electron chi connectivity index (χ4n) is 3.62. The molecule has 0 saturated carbocycles. The highest BCUT2D eigenvalue weighted by atomic mass is 79.9. The first-order chi connectivity index (χ1) is 12.0. The summed E-state index contributed by atoms with van der Waals surface area (Å²) in [5.41, 5.74) is 4.25. The summed E-state index contributed by atoms with van der Waals surface area (Å²) in [4.78, 5) is 16.0. The molecule has 1 aromatic heterocycles. The fraction of sp³-hybridized carbons (Fsp3) is 0.250. The Bertz CT molecular complexity index is 979. The summed E-state index contributed by atoms with van der Waals surface area (Å²) in [7, 11) is 0. The van der Waals surface area contributed by atoms with Gasteiger partial charge in [-0.1, -0.05) is 22.0 Å². The van der Waals surface area contributed by atoms with E-state index in [1.807, 2.05) is 12.1 Å². The van der Waals surface area contributed by atoms with Crippen molar-refractivity contribution in [3.05, 3.63) is 69.1 Å². The van der Waals surface area contributed by atoms with E-state index in [0.29, 0.717) is 0 Å². The van der Waals surface area contributed by atoms with Crippen molar-refractivity contribution in [1.29, 1.82) is 0 Å². The molecule has 25 heavy (non-hydrogen) atoms. The SMILES string of the molecule is Cc1ccc(C(=O)NC2CCCc3c2[nH]c2ccc(Br)cc32)c(F)c1. The average Bonchev–Trinajstić information content (AvgIpc) is 2.94. The third kappa shape index (κ3) is 2.97. The normalized spacial score (nSPS) is 16.7. The van der Waals surface area contributed by atoms with Crippen LogP contribution >= 0.6 is 15.9 Å². The lowest BCUT2D eigenvalue weighted by Gasteiger charge is -2.24. The monoisotopic (exact) mass is 400 g/mol. The maximum absolute atomic E-state index is 14.1. The zero-order chi connectivity index (χ0) is 17.6. The van der Waals surface area contributed by atoms with E-state index in [4.69, 9.17) is 0 Å². The van der Waals surface area contributed by atoms with E-state index in [-0.39, 0.29) is 17.5 Å². The van der Waals surface area contributed by atoms with Crippen molar-refractivity contribution < 1.29 is 9.18 Å². The van der Waals surface area contributed by atoms with Gasteiger partial charge in [-0.25, -0.2) is 4.39 Å². The van der Waals surface area contributed by atoms with Crippen molar-refractivity contribution in [1.82, 2.24) is 10.3 Å². The molecule has 0 aliphatic heterocycles. The summed E-state index contributed by atoms with van der Waals surface area (Å²) >= 11 is 3.52. The minimum absolute atomic E-state index is 0.0941. The number of halogens is 2. The van der Waals surface area contributed by atoms with Crippen molar-refractivity contribution in [3.63, 3.8) is 0 Å². The van der Waals surface area contributed by atoms with Crippen molar-refractivity contribution in [2.24, 2.45) is 0 Å². The third-order valence-electron chi connectivity index (χ3n) is 4.84. The van der Waals surface area contributed by atoms with Gasteiger partial charge >= 0.3 is 0 Å². The minimum Gasteiger partial charge on any atom is -0.356 e. The van der Waals surface area contributed by atoms with Crippen LogP contribution in [0.1, 0.15) is 46.1 Å². The van der Waals surface area contributed by atoms with Crippen molar-refractivity contribution >= 4 is 32.7 Å². The lowest BCUT2D eigenvalue weighted by Crippen LogP contribution is -2.31. The van der Waals surface area contributed by atoms with Crippen LogP contribution in [0.2, 0.25) is 0 Å². The number of aryl methyl sites for hydroxylation is 2. The Balaban J connectivity index is 1.67. The zero-order valence-electron chi connectivity index (χ0n) is 13.8. The molecule has 0 saturated heterocycles. The molecule has 1 amide bonds. The van der Waals surface area contributed by atoms with E-state index in [9.17, 15) is 9.18 Å². The molecule has 128 valence electrons. The summed E-state index contributed by atoms with van der Waals surface area (Å²) in [5, 5.41) is 4.19. The van der Waals surface area contributed by atoms with Gasteiger partial charge in [0, 0.05) is 21.1 Å². The molecule has 0 spiro atoms. The predicted molar refractivity (Wildman–Crippen MR) is 100 cm³/mol. The van der Waals surface area contributed by atoms with Gasteiger partial charge in [-0.05, 0) is 67.6 Å². The largest absolute Gasteiger partial charge is 0.356 e. The van der Waals surface area contributed by atoms with Crippen LogP contribution in [0, 0.1) is 12.7 Å². The van der Waals surface area contributed by atoms with Gasteiger partial charge in [-0.2, -0.15) is 0 Å². The van der Waals surface area contributed by atoms with Gasteiger partial charge in [0.15, 0.2) is 0 Å². The first-order valence-corrected chi connectivity index (χ1v) is 9.19. The van der Waals surface area contributed by atoms with Crippen molar-refractivity contribution in [2.75, 3.05) is 0 Å². The van der Waals surface area contributed by atoms with Gasteiger partial charge in [-0.15, -0.1) is 0 Å². The van der Waals surface area contributed by atoms with Crippen molar-refractivity contribution in [3.8, 4) is 0 Å². The van der Waals surface area contributed by atoms with Crippen molar-refractivity contribution in [2.45, 2.75) is 32.2 Å². The Kier molecular flexibility index (Phi) is 4.12. The Hall–Kier alpha value is -2.14. The molecular formula is C20H18BrFN2O. The zero-order valence-corrected chi connectivity index (χ0v) is 15.4. The van der Waals surface area contributed by atoms with Gasteiger partial charge in [0.05, 0.1) is 11.6 Å². The highest BCUT2D eigenvalue weighted by Gasteiger charge is 2.26. The molecule has 0 bridgehead atoms. The van der Waals surface area contributed by atoms with Gasteiger partial charge in [0.2, 0.25) is 0 Å². The average molecular weight is 401 g/mol. The quantitative estimate of drug-likeness (QED) is 0.610. The second-order valence-corrected chi connectivity index (χ2v) is 7.52. The number of nitrogens with one attached hydrogen (secondary N) is 2. The second kappa shape index (κ2) is 6.30. The van der Waals surface area contributed by atoms with Crippen LogP contribution in [0.4, 0.5) is 4.39 Å². The summed E-state index contributed by atoms with van der Waals surface area (Å²) in [5.74, 6) is -0.843. The van der Waals surface area contributed by atoms with Crippen LogP contribution in [0.5, 0.6) is 0 Å². The smallest absolute Gasteiger partial charge is 0.254 e. The highest BCUT2D eigenvalue weighted by Crippen LogP contribution is 2.36. The Morgan fingerprint density at radius 3 is 2.92 bits per heavy atom. The number of H-pyrrole nitrogens is 1. The molecule has 1 aliphatic carbocycles. The van der Waals surface area contributed by atoms with Crippen LogP contribution in [0.3, 0.4) is 0 Å². The maximum atomic E-state index is 14.1. The summed E-state index contributed by atoms with van der Waals surface area (Å²) in [6.45, 7) is 1.81. The number of aromatic amines is 1. The molecule has 2 aromatic carbocycles. The molecule has 1 atom stereocenters.